The molecule has 0 saturated carbocycles. The smallest absolute Gasteiger partial charge is 0.335 e. The number of carboxylic acid groups (broad SMARTS) is 1. The molecule has 0 amide bonds. The van der Waals surface area contributed by atoms with E-state index < -0.39 is 13.1 Å². The molecule has 1 aromatic carbocycles. The summed E-state index contributed by atoms with van der Waals surface area (Å²) in [5.41, 5.74) is 0.251. The summed E-state index contributed by atoms with van der Waals surface area (Å²) in [6.07, 6.45) is 5.45. The van der Waals surface area contributed by atoms with Crippen LogP contribution in [0.4, 0.5) is 0 Å². The largest absolute Gasteiger partial charge is 0.478 e. The first-order chi connectivity index (χ1) is 9.03. The minimum absolute atomic E-state index is 0.251. The van der Waals surface area contributed by atoms with E-state index in [0.717, 1.165) is 43.3 Å². The van der Waals surface area contributed by atoms with Crippen LogP contribution in [0.5, 0.6) is 0 Å². The van der Waals surface area contributed by atoms with Crippen molar-refractivity contribution in [3.63, 3.8) is 0 Å². The van der Waals surface area contributed by atoms with Gasteiger partial charge in [-0.05, 0) is 25.0 Å². The van der Waals surface area contributed by atoms with Crippen molar-refractivity contribution in [1.82, 2.24) is 0 Å². The highest BCUT2D eigenvalue weighted by Crippen LogP contribution is 2.46. The molecule has 0 heterocycles. The van der Waals surface area contributed by atoms with Gasteiger partial charge in [0.1, 0.15) is 7.14 Å². The molecular formula is C15H23O3P. The van der Waals surface area contributed by atoms with E-state index in [0.29, 0.717) is 0 Å². The molecule has 0 saturated heterocycles. The summed E-state index contributed by atoms with van der Waals surface area (Å²) in [6, 6.07) is 6.58. The lowest BCUT2D eigenvalue weighted by atomic mass is 10.2. The molecule has 0 bridgehead atoms. The highest BCUT2D eigenvalue weighted by Gasteiger charge is 2.23. The summed E-state index contributed by atoms with van der Waals surface area (Å²) in [5.74, 6) is -0.941. The maximum atomic E-state index is 13.1. The van der Waals surface area contributed by atoms with E-state index in [4.69, 9.17) is 5.11 Å². The van der Waals surface area contributed by atoms with Crippen LogP contribution in [0.3, 0.4) is 0 Å². The first-order valence-corrected chi connectivity index (χ1v) is 9.03. The number of carbonyl (C=O) groups is 1. The van der Waals surface area contributed by atoms with Crippen LogP contribution >= 0.6 is 7.14 Å². The molecule has 4 heteroatoms. The van der Waals surface area contributed by atoms with Gasteiger partial charge in [-0.15, -0.1) is 0 Å². The van der Waals surface area contributed by atoms with Gasteiger partial charge in [0.15, 0.2) is 0 Å². The van der Waals surface area contributed by atoms with Crippen molar-refractivity contribution in [3.05, 3.63) is 29.8 Å². The van der Waals surface area contributed by atoms with Crippen LogP contribution in [0.25, 0.3) is 0 Å². The van der Waals surface area contributed by atoms with Crippen molar-refractivity contribution in [2.45, 2.75) is 39.5 Å². The van der Waals surface area contributed by atoms with Gasteiger partial charge in [0, 0.05) is 17.6 Å². The molecule has 106 valence electrons. The molecule has 0 aliphatic carbocycles. The highest BCUT2D eigenvalue weighted by atomic mass is 31.2. The fraction of sp³-hybridized carbons (Fsp3) is 0.533. The maximum absolute atomic E-state index is 13.1. The molecule has 1 rings (SSSR count). The Kier molecular flexibility index (Phi) is 6.30. The van der Waals surface area contributed by atoms with Gasteiger partial charge in [-0.1, -0.05) is 38.8 Å². The topological polar surface area (TPSA) is 54.4 Å². The quantitative estimate of drug-likeness (QED) is 0.734. The molecule has 19 heavy (non-hydrogen) atoms. The number of unbranched alkanes of at least 4 members (excludes halogenated alkanes) is 2. The summed E-state index contributed by atoms with van der Waals surface area (Å²) >= 11 is 0. The van der Waals surface area contributed by atoms with Crippen LogP contribution in [0.1, 0.15) is 49.9 Å². The minimum Gasteiger partial charge on any atom is -0.478 e. The molecule has 3 nitrogen and oxygen atoms in total. The Hall–Kier alpha value is -1.08. The predicted molar refractivity (Wildman–Crippen MR) is 80.2 cm³/mol. The van der Waals surface area contributed by atoms with Gasteiger partial charge in [0.25, 0.3) is 0 Å². The van der Waals surface area contributed by atoms with E-state index in [9.17, 15) is 9.36 Å². The van der Waals surface area contributed by atoms with Crippen molar-refractivity contribution in [3.8, 4) is 0 Å². The van der Waals surface area contributed by atoms with Crippen molar-refractivity contribution in [1.29, 1.82) is 0 Å². The fourth-order valence-corrected chi connectivity index (χ4v) is 5.16. The van der Waals surface area contributed by atoms with Crippen LogP contribution < -0.4 is 5.30 Å². The third kappa shape index (κ3) is 4.50. The van der Waals surface area contributed by atoms with Gasteiger partial charge < -0.3 is 9.67 Å². The molecule has 0 radical (unpaired) electrons. The standard InChI is InChI=1S/C15H23O3P/c1-3-5-11-19(18,12-6-4-2)14-9-7-13(8-10-14)15(16)17/h7-10H,3-6,11-12H2,1-2H3,(H,16,17). The first-order valence-electron chi connectivity index (χ1n) is 6.95. The van der Waals surface area contributed by atoms with E-state index in [1.54, 1.807) is 24.3 Å². The molecule has 1 aromatic rings. The molecule has 1 N–H and O–H groups in total. The van der Waals surface area contributed by atoms with E-state index in [1.807, 2.05) is 0 Å². The van der Waals surface area contributed by atoms with E-state index in [-0.39, 0.29) is 5.56 Å². The van der Waals surface area contributed by atoms with Gasteiger partial charge in [-0.25, -0.2) is 4.79 Å². The van der Waals surface area contributed by atoms with Gasteiger partial charge >= 0.3 is 5.97 Å². The van der Waals surface area contributed by atoms with Crippen LogP contribution in [0, 0.1) is 0 Å². The Morgan fingerprint density at radius 2 is 1.53 bits per heavy atom. The maximum Gasteiger partial charge on any atom is 0.335 e. The Morgan fingerprint density at radius 1 is 1.05 bits per heavy atom. The minimum atomic E-state index is -2.35. The molecule has 0 spiro atoms. The first kappa shape index (κ1) is 16.0. The highest BCUT2D eigenvalue weighted by molar-refractivity contribution is 7.71. The molecular weight excluding hydrogens is 259 g/mol. The molecule has 0 aromatic heterocycles. The second-order valence-electron chi connectivity index (χ2n) is 4.90. The summed E-state index contributed by atoms with van der Waals surface area (Å²) < 4.78 is 13.1. The third-order valence-electron chi connectivity index (χ3n) is 3.33. The Morgan fingerprint density at radius 3 is 1.89 bits per heavy atom. The number of hydrogen-bond acceptors (Lipinski definition) is 2. The zero-order chi connectivity index (χ0) is 14.3. The number of benzene rings is 1. The van der Waals surface area contributed by atoms with E-state index >= 15 is 0 Å². The molecule has 0 atom stereocenters. The summed E-state index contributed by atoms with van der Waals surface area (Å²) in [5, 5.41) is 9.73. The van der Waals surface area contributed by atoms with E-state index in [2.05, 4.69) is 13.8 Å². The SMILES string of the molecule is CCCCP(=O)(CCCC)c1ccc(C(=O)O)cc1. The van der Waals surface area contributed by atoms with Gasteiger partial charge in [-0.3, -0.25) is 0 Å². The second kappa shape index (κ2) is 7.49. The lowest BCUT2D eigenvalue weighted by Gasteiger charge is -2.18. The van der Waals surface area contributed by atoms with Crippen molar-refractivity contribution >= 4 is 18.4 Å². The van der Waals surface area contributed by atoms with Crippen molar-refractivity contribution in [2.24, 2.45) is 0 Å². The zero-order valence-electron chi connectivity index (χ0n) is 11.8. The van der Waals surface area contributed by atoms with Crippen LogP contribution in [0.15, 0.2) is 24.3 Å². The Balaban J connectivity index is 2.96. The van der Waals surface area contributed by atoms with Crippen LogP contribution in [0.2, 0.25) is 0 Å². The van der Waals surface area contributed by atoms with Gasteiger partial charge in [-0.2, -0.15) is 0 Å². The third-order valence-corrected chi connectivity index (χ3v) is 6.65. The van der Waals surface area contributed by atoms with Crippen LogP contribution in [-0.4, -0.2) is 23.4 Å². The van der Waals surface area contributed by atoms with Gasteiger partial charge in [0.2, 0.25) is 0 Å². The zero-order valence-corrected chi connectivity index (χ0v) is 12.7. The Bertz CT molecular complexity index is 439. The molecule has 0 unspecified atom stereocenters. The summed E-state index contributed by atoms with van der Waals surface area (Å²) in [4.78, 5) is 10.8. The normalized spacial score (nSPS) is 11.5. The van der Waals surface area contributed by atoms with Gasteiger partial charge in [0.05, 0.1) is 5.56 Å². The number of hydrogen-bond donors (Lipinski definition) is 1. The number of carboxylic acids is 1. The number of aromatic carboxylic acids is 1. The van der Waals surface area contributed by atoms with Crippen LogP contribution in [-0.2, 0) is 4.57 Å². The summed E-state index contributed by atoms with van der Waals surface area (Å²) in [7, 11) is -2.35. The van der Waals surface area contributed by atoms with Crippen molar-refractivity contribution in [2.75, 3.05) is 12.3 Å². The average molecular weight is 282 g/mol. The molecule has 0 aliphatic rings. The molecule has 0 fully saturated rings. The predicted octanol–water partition coefficient (Wildman–Crippen LogP) is 3.97. The lowest BCUT2D eigenvalue weighted by molar-refractivity contribution is 0.0697. The second-order valence-corrected chi connectivity index (χ2v) is 8.09. The fourth-order valence-electron chi connectivity index (χ4n) is 2.07. The lowest BCUT2D eigenvalue weighted by Crippen LogP contribution is -2.12. The van der Waals surface area contributed by atoms with Crippen molar-refractivity contribution < 1.29 is 14.5 Å². The average Bonchev–Trinajstić information content (AvgIpc) is 2.43. The summed E-state index contributed by atoms with van der Waals surface area (Å²) in [6.45, 7) is 4.19. The monoisotopic (exact) mass is 282 g/mol. The van der Waals surface area contributed by atoms with E-state index in [1.165, 1.54) is 0 Å². The number of rotatable bonds is 8. The Labute approximate surface area is 115 Å². The molecule has 0 aliphatic heterocycles.